The monoisotopic (exact) mass is 289 g/mol. The Bertz CT molecular complexity index is 511. The topological polar surface area (TPSA) is 47.6 Å². The molecule has 0 aromatic heterocycles. The van der Waals surface area contributed by atoms with Gasteiger partial charge < -0.3 is 9.47 Å². The first-order valence-corrected chi connectivity index (χ1v) is 7.80. The number of ether oxygens (including phenoxy) is 2. The van der Waals surface area contributed by atoms with Crippen LogP contribution in [0.3, 0.4) is 0 Å². The lowest BCUT2D eigenvalue weighted by molar-refractivity contribution is -0.150. The largest absolute Gasteiger partial charge is 0.467 e. The SMILES string of the molecule is COC(=O)C1(NCC2CCCO2)CCCc2ccccc21. The number of rotatable bonds is 4. The van der Waals surface area contributed by atoms with Crippen LogP contribution >= 0.6 is 0 Å². The second-order valence-corrected chi connectivity index (χ2v) is 5.92. The van der Waals surface area contributed by atoms with Gasteiger partial charge in [-0.2, -0.15) is 0 Å². The van der Waals surface area contributed by atoms with Crippen LogP contribution in [0.5, 0.6) is 0 Å². The number of fused-ring (bicyclic) bond motifs is 1. The van der Waals surface area contributed by atoms with Crippen LogP contribution in [0.1, 0.15) is 36.8 Å². The molecule has 0 bridgehead atoms. The van der Waals surface area contributed by atoms with Gasteiger partial charge >= 0.3 is 5.97 Å². The van der Waals surface area contributed by atoms with Crippen molar-refractivity contribution in [1.29, 1.82) is 0 Å². The van der Waals surface area contributed by atoms with E-state index in [9.17, 15) is 4.79 Å². The zero-order chi connectivity index (χ0) is 14.7. The number of carbonyl (C=O) groups is 1. The summed E-state index contributed by atoms with van der Waals surface area (Å²) in [7, 11) is 1.47. The van der Waals surface area contributed by atoms with Crippen LogP contribution in [0.25, 0.3) is 0 Å². The van der Waals surface area contributed by atoms with E-state index >= 15 is 0 Å². The summed E-state index contributed by atoms with van der Waals surface area (Å²) in [5.74, 6) is -0.187. The predicted octanol–water partition coefficient (Wildman–Crippen LogP) is 2.16. The molecule has 2 atom stereocenters. The second-order valence-electron chi connectivity index (χ2n) is 5.92. The first-order valence-electron chi connectivity index (χ1n) is 7.80. The highest BCUT2D eigenvalue weighted by atomic mass is 16.5. The molecule has 1 aromatic carbocycles. The molecule has 114 valence electrons. The maximum atomic E-state index is 12.5. The molecule has 0 spiro atoms. The van der Waals surface area contributed by atoms with E-state index in [1.165, 1.54) is 12.7 Å². The molecule has 4 nitrogen and oxygen atoms in total. The van der Waals surface area contributed by atoms with Gasteiger partial charge in [0.15, 0.2) is 0 Å². The van der Waals surface area contributed by atoms with Crippen molar-refractivity contribution in [2.24, 2.45) is 0 Å². The fraction of sp³-hybridized carbons (Fsp3) is 0.588. The summed E-state index contributed by atoms with van der Waals surface area (Å²) in [6.45, 7) is 1.53. The highest BCUT2D eigenvalue weighted by Gasteiger charge is 2.44. The third kappa shape index (κ3) is 2.70. The summed E-state index contributed by atoms with van der Waals surface area (Å²) in [5, 5.41) is 3.48. The molecule has 0 saturated carbocycles. The van der Waals surface area contributed by atoms with Gasteiger partial charge in [0.1, 0.15) is 5.54 Å². The fourth-order valence-electron chi connectivity index (χ4n) is 3.57. The molecule has 1 aliphatic carbocycles. The average Bonchev–Trinajstić information content (AvgIpc) is 3.05. The van der Waals surface area contributed by atoms with Gasteiger partial charge in [0.25, 0.3) is 0 Å². The van der Waals surface area contributed by atoms with Gasteiger partial charge in [-0.1, -0.05) is 24.3 Å². The van der Waals surface area contributed by atoms with Gasteiger partial charge in [0.05, 0.1) is 13.2 Å². The molecular formula is C17H23NO3. The minimum absolute atomic E-state index is 0.187. The van der Waals surface area contributed by atoms with Crippen molar-refractivity contribution >= 4 is 5.97 Å². The average molecular weight is 289 g/mol. The summed E-state index contributed by atoms with van der Waals surface area (Å²) < 4.78 is 10.8. The van der Waals surface area contributed by atoms with E-state index < -0.39 is 5.54 Å². The molecule has 1 N–H and O–H groups in total. The highest BCUT2D eigenvalue weighted by Crippen LogP contribution is 2.36. The second kappa shape index (κ2) is 6.16. The van der Waals surface area contributed by atoms with Crippen molar-refractivity contribution in [3.63, 3.8) is 0 Å². The number of nitrogens with one attached hydrogen (secondary N) is 1. The summed E-state index contributed by atoms with van der Waals surface area (Å²) >= 11 is 0. The van der Waals surface area contributed by atoms with Crippen LogP contribution in [0.15, 0.2) is 24.3 Å². The quantitative estimate of drug-likeness (QED) is 0.863. The van der Waals surface area contributed by atoms with Crippen LogP contribution in [0.2, 0.25) is 0 Å². The Balaban J connectivity index is 1.88. The van der Waals surface area contributed by atoms with E-state index in [2.05, 4.69) is 11.4 Å². The minimum atomic E-state index is -0.713. The first kappa shape index (κ1) is 14.5. The number of aryl methyl sites for hydroxylation is 1. The lowest BCUT2D eigenvalue weighted by Crippen LogP contribution is -2.53. The number of carbonyl (C=O) groups excluding carboxylic acids is 1. The van der Waals surface area contributed by atoms with Gasteiger partial charge in [-0.3, -0.25) is 5.32 Å². The fourth-order valence-corrected chi connectivity index (χ4v) is 3.57. The Morgan fingerprint density at radius 3 is 3.05 bits per heavy atom. The van der Waals surface area contributed by atoms with Crippen LogP contribution in [-0.2, 0) is 26.2 Å². The number of esters is 1. The number of methoxy groups -OCH3 is 1. The van der Waals surface area contributed by atoms with Crippen LogP contribution in [0, 0.1) is 0 Å². The Morgan fingerprint density at radius 2 is 2.29 bits per heavy atom. The molecular weight excluding hydrogens is 266 g/mol. The van der Waals surface area contributed by atoms with E-state index in [1.54, 1.807) is 0 Å². The number of benzene rings is 1. The van der Waals surface area contributed by atoms with Crippen LogP contribution < -0.4 is 5.32 Å². The first-order chi connectivity index (χ1) is 10.3. The molecule has 2 unspecified atom stereocenters. The van der Waals surface area contributed by atoms with E-state index in [4.69, 9.17) is 9.47 Å². The van der Waals surface area contributed by atoms with Gasteiger partial charge in [-0.15, -0.1) is 0 Å². The third-order valence-electron chi connectivity index (χ3n) is 4.66. The molecule has 1 fully saturated rings. The minimum Gasteiger partial charge on any atom is -0.467 e. The predicted molar refractivity (Wildman–Crippen MR) is 80.1 cm³/mol. The maximum Gasteiger partial charge on any atom is 0.330 e. The Hall–Kier alpha value is -1.39. The maximum absolute atomic E-state index is 12.5. The van der Waals surface area contributed by atoms with E-state index in [0.717, 1.165) is 44.3 Å². The molecule has 1 heterocycles. The summed E-state index contributed by atoms with van der Waals surface area (Å²) in [6.07, 6.45) is 5.17. The molecule has 1 aromatic rings. The summed E-state index contributed by atoms with van der Waals surface area (Å²) in [5.41, 5.74) is 1.60. The van der Waals surface area contributed by atoms with Gasteiger partial charge in [0, 0.05) is 13.2 Å². The Labute approximate surface area is 125 Å². The smallest absolute Gasteiger partial charge is 0.330 e. The molecule has 2 aliphatic rings. The molecule has 0 radical (unpaired) electrons. The Kier molecular flexibility index (Phi) is 4.27. The van der Waals surface area contributed by atoms with Gasteiger partial charge in [-0.05, 0) is 43.2 Å². The van der Waals surface area contributed by atoms with Crippen molar-refractivity contribution in [1.82, 2.24) is 5.32 Å². The zero-order valence-electron chi connectivity index (χ0n) is 12.6. The zero-order valence-corrected chi connectivity index (χ0v) is 12.6. The summed E-state index contributed by atoms with van der Waals surface area (Å²) in [4.78, 5) is 12.5. The molecule has 1 saturated heterocycles. The van der Waals surface area contributed by atoms with Gasteiger partial charge in [0.2, 0.25) is 0 Å². The molecule has 3 rings (SSSR count). The Morgan fingerprint density at radius 1 is 1.43 bits per heavy atom. The number of hydrogen-bond acceptors (Lipinski definition) is 4. The van der Waals surface area contributed by atoms with Crippen molar-refractivity contribution < 1.29 is 14.3 Å². The van der Waals surface area contributed by atoms with E-state index in [-0.39, 0.29) is 12.1 Å². The van der Waals surface area contributed by atoms with E-state index in [0.29, 0.717) is 6.54 Å². The lowest BCUT2D eigenvalue weighted by Gasteiger charge is -2.38. The molecule has 4 heteroatoms. The molecule has 0 amide bonds. The highest BCUT2D eigenvalue weighted by molar-refractivity contribution is 5.83. The lowest BCUT2D eigenvalue weighted by atomic mass is 9.76. The standard InChI is InChI=1S/C17H23NO3/c1-20-16(19)17(18-12-14-8-5-11-21-14)10-4-7-13-6-2-3-9-15(13)17/h2-3,6,9,14,18H,4-5,7-8,10-12H2,1H3. The van der Waals surface area contributed by atoms with Crippen molar-refractivity contribution in [3.8, 4) is 0 Å². The van der Waals surface area contributed by atoms with Crippen molar-refractivity contribution in [2.45, 2.75) is 43.7 Å². The summed E-state index contributed by atoms with van der Waals surface area (Å²) in [6, 6.07) is 8.19. The molecule has 21 heavy (non-hydrogen) atoms. The van der Waals surface area contributed by atoms with Crippen molar-refractivity contribution in [2.75, 3.05) is 20.3 Å². The third-order valence-corrected chi connectivity index (χ3v) is 4.66. The van der Waals surface area contributed by atoms with Crippen LogP contribution in [-0.4, -0.2) is 32.3 Å². The normalized spacial score (nSPS) is 28.1. The van der Waals surface area contributed by atoms with E-state index in [1.807, 2.05) is 18.2 Å². The molecule has 1 aliphatic heterocycles. The number of hydrogen-bond donors (Lipinski definition) is 1. The van der Waals surface area contributed by atoms with Gasteiger partial charge in [-0.25, -0.2) is 4.79 Å². The van der Waals surface area contributed by atoms with Crippen molar-refractivity contribution in [3.05, 3.63) is 35.4 Å². The van der Waals surface area contributed by atoms with Crippen LogP contribution in [0.4, 0.5) is 0 Å².